The van der Waals surface area contributed by atoms with Gasteiger partial charge in [0.05, 0.1) is 0 Å². The number of hydrogen-bond donors (Lipinski definition) is 1. The summed E-state index contributed by atoms with van der Waals surface area (Å²) < 4.78 is 0. The number of nitrogens with two attached hydrogens (primary N) is 1. The zero-order valence-electron chi connectivity index (χ0n) is 9.86. The minimum absolute atomic E-state index is 0.826. The van der Waals surface area contributed by atoms with E-state index in [0.717, 1.165) is 16.7 Å². The Morgan fingerprint density at radius 2 is 1.73 bits per heavy atom. The molecule has 2 aromatic rings. The van der Waals surface area contributed by atoms with Gasteiger partial charge >= 0.3 is 0 Å². The monoisotopic (exact) mass is 205 g/mol. The predicted molar refractivity (Wildman–Crippen MR) is 65.7 cm³/mol. The number of aromatic nitrogens is 2. The molecule has 2 N–H and O–H groups in total. The van der Waals surface area contributed by atoms with Gasteiger partial charge in [-0.1, -0.05) is 13.8 Å². The first-order valence-electron chi connectivity index (χ1n) is 5.12. The Balaban J connectivity index is 0.000000442. The zero-order valence-corrected chi connectivity index (χ0v) is 9.86. The minimum atomic E-state index is 0.826. The molecule has 0 amide bonds. The second kappa shape index (κ2) is 7.88. The van der Waals surface area contributed by atoms with Gasteiger partial charge in [0.25, 0.3) is 0 Å². The lowest BCUT2D eigenvalue weighted by Gasteiger charge is -1.94. The molecule has 0 aromatic carbocycles. The molecule has 0 aliphatic carbocycles. The van der Waals surface area contributed by atoms with Crippen molar-refractivity contribution in [1.82, 2.24) is 9.97 Å². The van der Waals surface area contributed by atoms with Gasteiger partial charge in [-0.25, -0.2) is 9.97 Å². The summed E-state index contributed by atoms with van der Waals surface area (Å²) in [5, 5.41) is 1.10. The van der Waals surface area contributed by atoms with Crippen molar-refractivity contribution in [1.29, 1.82) is 0 Å². The number of nitrogens with zero attached hydrogens (tertiary/aromatic N) is 2. The molecule has 0 saturated heterocycles. The van der Waals surface area contributed by atoms with E-state index in [-0.39, 0.29) is 0 Å². The molecule has 0 spiro atoms. The van der Waals surface area contributed by atoms with Gasteiger partial charge in [-0.2, -0.15) is 0 Å². The third-order valence-corrected chi connectivity index (χ3v) is 1.60. The van der Waals surface area contributed by atoms with Crippen molar-refractivity contribution in [3.63, 3.8) is 0 Å². The van der Waals surface area contributed by atoms with Gasteiger partial charge in [-0.15, -0.1) is 0 Å². The Morgan fingerprint density at radius 1 is 1.07 bits per heavy atom. The van der Waals surface area contributed by atoms with E-state index < -0.39 is 0 Å². The second-order valence-electron chi connectivity index (χ2n) is 2.50. The smallest absolute Gasteiger partial charge is 0.159 e. The molecule has 0 radical (unpaired) electrons. The Morgan fingerprint density at radius 3 is 2.40 bits per heavy atom. The maximum atomic E-state index is 4.50. The highest BCUT2D eigenvalue weighted by Crippen LogP contribution is 2.07. The molecule has 0 aliphatic heterocycles. The number of fused-ring (bicyclic) bond motifs is 1. The Hall–Kier alpha value is -1.48. The molecule has 3 nitrogen and oxygen atoms in total. The molecule has 0 atom stereocenters. The maximum Gasteiger partial charge on any atom is 0.159 e. The molecule has 2 aromatic heterocycles. The highest BCUT2D eigenvalue weighted by atomic mass is 14.8. The minimum Gasteiger partial charge on any atom is -0.333 e. The van der Waals surface area contributed by atoms with Crippen LogP contribution in [0.3, 0.4) is 0 Å². The Kier molecular flexibility index (Phi) is 7.10. The van der Waals surface area contributed by atoms with Crippen LogP contribution in [0.4, 0.5) is 0 Å². The third kappa shape index (κ3) is 4.04. The summed E-state index contributed by atoms with van der Waals surface area (Å²) in [7, 11) is 1.50. The van der Waals surface area contributed by atoms with E-state index in [2.05, 4.69) is 15.7 Å². The van der Waals surface area contributed by atoms with Crippen molar-refractivity contribution >= 4 is 11.0 Å². The van der Waals surface area contributed by atoms with Crippen molar-refractivity contribution in [2.24, 2.45) is 5.73 Å². The van der Waals surface area contributed by atoms with Gasteiger partial charge in [0.1, 0.15) is 0 Å². The van der Waals surface area contributed by atoms with Gasteiger partial charge in [0.2, 0.25) is 0 Å². The molecule has 82 valence electrons. The van der Waals surface area contributed by atoms with Gasteiger partial charge in [-0.3, -0.25) is 0 Å². The van der Waals surface area contributed by atoms with E-state index in [1.807, 2.05) is 45.0 Å². The van der Waals surface area contributed by atoms with E-state index in [4.69, 9.17) is 0 Å². The van der Waals surface area contributed by atoms with Crippen LogP contribution in [0, 0.1) is 6.92 Å². The molecule has 15 heavy (non-hydrogen) atoms. The van der Waals surface area contributed by atoms with Crippen molar-refractivity contribution < 1.29 is 0 Å². The normalized spacial score (nSPS) is 8.33. The standard InChI is InChI=1S/C9H8N2.C2H6.CH5N/c1-7-4-5-8-3-2-6-10-9(8)11-7;2*1-2/h2-6H,1H3;1-2H3;2H2,1H3. The summed E-state index contributed by atoms with van der Waals surface area (Å²) in [6.45, 7) is 5.97. The number of pyridine rings is 2. The van der Waals surface area contributed by atoms with E-state index in [9.17, 15) is 0 Å². The number of hydrogen-bond acceptors (Lipinski definition) is 3. The molecule has 0 fully saturated rings. The van der Waals surface area contributed by atoms with Crippen LogP contribution in [0.15, 0.2) is 30.5 Å². The van der Waals surface area contributed by atoms with Crippen LogP contribution in [-0.4, -0.2) is 17.0 Å². The molecule has 3 heteroatoms. The highest BCUT2D eigenvalue weighted by Gasteiger charge is 1.92. The van der Waals surface area contributed by atoms with Gasteiger partial charge in [0.15, 0.2) is 5.65 Å². The summed E-state index contributed by atoms with van der Waals surface area (Å²) in [6, 6.07) is 7.95. The van der Waals surface area contributed by atoms with E-state index in [1.165, 1.54) is 7.05 Å². The number of rotatable bonds is 0. The van der Waals surface area contributed by atoms with Gasteiger partial charge in [0, 0.05) is 17.3 Å². The molecule has 0 unspecified atom stereocenters. The zero-order chi connectivity index (χ0) is 11.7. The molecule has 0 saturated carbocycles. The fourth-order valence-electron chi connectivity index (χ4n) is 1.05. The maximum absolute atomic E-state index is 4.50. The topological polar surface area (TPSA) is 51.8 Å². The van der Waals surface area contributed by atoms with Gasteiger partial charge < -0.3 is 5.73 Å². The van der Waals surface area contributed by atoms with E-state index >= 15 is 0 Å². The fourth-order valence-corrected chi connectivity index (χ4v) is 1.05. The summed E-state index contributed by atoms with van der Waals surface area (Å²) in [5.41, 5.74) is 6.34. The summed E-state index contributed by atoms with van der Waals surface area (Å²) in [4.78, 5) is 8.40. The van der Waals surface area contributed by atoms with Crippen LogP contribution in [0.1, 0.15) is 19.5 Å². The average Bonchev–Trinajstić information content (AvgIpc) is 2.34. The highest BCUT2D eigenvalue weighted by molar-refractivity contribution is 5.73. The lowest BCUT2D eigenvalue weighted by atomic mass is 10.3. The Labute approximate surface area is 91.4 Å². The molecular formula is C12H19N3. The number of aryl methyl sites for hydroxylation is 1. The second-order valence-corrected chi connectivity index (χ2v) is 2.50. The lowest BCUT2D eigenvalue weighted by Crippen LogP contribution is -1.84. The van der Waals surface area contributed by atoms with Crippen LogP contribution >= 0.6 is 0 Å². The van der Waals surface area contributed by atoms with Crippen LogP contribution in [-0.2, 0) is 0 Å². The van der Waals surface area contributed by atoms with Crippen LogP contribution in [0.25, 0.3) is 11.0 Å². The van der Waals surface area contributed by atoms with Crippen molar-refractivity contribution in [3.05, 3.63) is 36.2 Å². The van der Waals surface area contributed by atoms with Crippen LogP contribution in [0.2, 0.25) is 0 Å². The molecule has 0 aliphatic rings. The predicted octanol–water partition coefficient (Wildman–Crippen LogP) is 2.54. The summed E-state index contributed by atoms with van der Waals surface area (Å²) in [5.74, 6) is 0. The fraction of sp³-hybridized carbons (Fsp3) is 0.333. The van der Waals surface area contributed by atoms with E-state index in [0.29, 0.717) is 0 Å². The van der Waals surface area contributed by atoms with Crippen LogP contribution < -0.4 is 5.73 Å². The largest absolute Gasteiger partial charge is 0.333 e. The van der Waals surface area contributed by atoms with Crippen molar-refractivity contribution in [2.75, 3.05) is 7.05 Å². The van der Waals surface area contributed by atoms with Gasteiger partial charge in [-0.05, 0) is 38.2 Å². The van der Waals surface area contributed by atoms with E-state index in [1.54, 1.807) is 6.20 Å². The van der Waals surface area contributed by atoms with Crippen molar-refractivity contribution in [3.8, 4) is 0 Å². The summed E-state index contributed by atoms with van der Waals surface area (Å²) >= 11 is 0. The van der Waals surface area contributed by atoms with Crippen LogP contribution in [0.5, 0.6) is 0 Å². The molecule has 2 heterocycles. The first-order valence-corrected chi connectivity index (χ1v) is 5.12. The molecular weight excluding hydrogens is 186 g/mol. The van der Waals surface area contributed by atoms with Crippen molar-refractivity contribution in [2.45, 2.75) is 20.8 Å². The quantitative estimate of drug-likeness (QED) is 0.719. The Bertz CT molecular complexity index is 385. The summed E-state index contributed by atoms with van der Waals surface area (Å²) in [6.07, 6.45) is 1.76. The lowest BCUT2D eigenvalue weighted by molar-refractivity contribution is 1.20. The third-order valence-electron chi connectivity index (χ3n) is 1.60. The first-order chi connectivity index (χ1) is 7.36. The first kappa shape index (κ1) is 13.5. The molecule has 2 rings (SSSR count). The average molecular weight is 205 g/mol. The molecule has 0 bridgehead atoms. The SMILES string of the molecule is CC.CN.Cc1ccc2cccnc2n1.